The lowest BCUT2D eigenvalue weighted by atomic mass is 10.1. The minimum atomic E-state index is -3.77. The van der Waals surface area contributed by atoms with Crippen molar-refractivity contribution in [2.45, 2.75) is 56.9 Å². The van der Waals surface area contributed by atoms with Crippen LogP contribution in [0.15, 0.2) is 16.0 Å². The number of likely N-dealkylation sites (tertiary alicyclic amines) is 1. The highest BCUT2D eigenvalue weighted by atomic mass is 32.2. The lowest BCUT2D eigenvalue weighted by Gasteiger charge is -2.27. The van der Waals surface area contributed by atoms with E-state index < -0.39 is 15.6 Å². The third kappa shape index (κ3) is 3.85. The third-order valence-electron chi connectivity index (χ3n) is 5.73. The van der Waals surface area contributed by atoms with Crippen LogP contribution in [-0.2, 0) is 21.4 Å². The van der Waals surface area contributed by atoms with E-state index in [1.54, 1.807) is 11.8 Å². The number of aromatic nitrogens is 2. The van der Waals surface area contributed by atoms with E-state index in [9.17, 15) is 18.0 Å². The second kappa shape index (κ2) is 8.16. The van der Waals surface area contributed by atoms with Crippen molar-refractivity contribution in [3.05, 3.63) is 21.6 Å². The normalized spacial score (nSPS) is 19.0. The molecule has 0 atom stereocenters. The Morgan fingerprint density at radius 1 is 1.07 bits per heavy atom. The third-order valence-corrected chi connectivity index (χ3v) is 8.94. The molecule has 0 saturated carbocycles. The van der Waals surface area contributed by atoms with E-state index in [-0.39, 0.29) is 22.7 Å². The highest BCUT2D eigenvalue weighted by Gasteiger charge is 2.32. The predicted octanol–water partition coefficient (Wildman–Crippen LogP) is 1.95. The smallest absolute Gasteiger partial charge is 0.263 e. The summed E-state index contributed by atoms with van der Waals surface area (Å²) >= 11 is 1.21. The van der Waals surface area contributed by atoms with Crippen molar-refractivity contribution < 1.29 is 13.2 Å². The number of hydrogen-bond donors (Lipinski definition) is 0. The summed E-state index contributed by atoms with van der Waals surface area (Å²) in [5.41, 5.74) is -0.458. The fourth-order valence-corrected chi connectivity index (χ4v) is 7.34. The molecule has 29 heavy (non-hydrogen) atoms. The molecule has 2 aromatic heterocycles. The number of fused-ring (bicyclic) bond motifs is 1. The summed E-state index contributed by atoms with van der Waals surface area (Å²) in [6, 6.07) is 0. The molecule has 0 radical (unpaired) electrons. The Labute approximate surface area is 174 Å². The van der Waals surface area contributed by atoms with Crippen molar-refractivity contribution in [3.63, 3.8) is 0 Å². The molecule has 8 nitrogen and oxygen atoms in total. The van der Waals surface area contributed by atoms with Crippen molar-refractivity contribution in [2.75, 3.05) is 26.2 Å². The number of hydrogen-bond acceptors (Lipinski definition) is 6. The van der Waals surface area contributed by atoms with Crippen LogP contribution in [0, 0.1) is 6.92 Å². The lowest BCUT2D eigenvalue weighted by molar-refractivity contribution is -0.132. The van der Waals surface area contributed by atoms with Gasteiger partial charge in [-0.05, 0) is 39.0 Å². The molecule has 0 bridgehead atoms. The van der Waals surface area contributed by atoms with Crippen LogP contribution in [0.5, 0.6) is 0 Å². The van der Waals surface area contributed by atoms with Crippen LogP contribution in [0.4, 0.5) is 0 Å². The van der Waals surface area contributed by atoms with Crippen molar-refractivity contribution in [2.24, 2.45) is 0 Å². The summed E-state index contributed by atoms with van der Waals surface area (Å²) < 4.78 is 29.3. The van der Waals surface area contributed by atoms with E-state index >= 15 is 0 Å². The number of thiophene rings is 1. The number of sulfonamides is 1. The molecule has 0 aliphatic carbocycles. The van der Waals surface area contributed by atoms with Crippen molar-refractivity contribution in [1.82, 2.24) is 18.8 Å². The van der Waals surface area contributed by atoms with Gasteiger partial charge in [0, 0.05) is 31.1 Å². The topological polar surface area (TPSA) is 92.6 Å². The first-order chi connectivity index (χ1) is 13.9. The first-order valence-electron chi connectivity index (χ1n) is 10.2. The summed E-state index contributed by atoms with van der Waals surface area (Å²) in [6.45, 7) is 3.96. The first-order valence-corrected chi connectivity index (χ1v) is 12.4. The Morgan fingerprint density at radius 2 is 1.69 bits per heavy atom. The molecule has 2 aliphatic rings. The Morgan fingerprint density at radius 3 is 2.34 bits per heavy atom. The first kappa shape index (κ1) is 20.5. The van der Waals surface area contributed by atoms with E-state index in [1.165, 1.54) is 26.5 Å². The summed E-state index contributed by atoms with van der Waals surface area (Å²) in [6.07, 6.45) is 7.09. The Bertz CT molecular complexity index is 1080. The summed E-state index contributed by atoms with van der Waals surface area (Å²) in [5, 5.41) is 0.118. The lowest BCUT2D eigenvalue weighted by Crippen LogP contribution is -2.40. The molecule has 0 unspecified atom stereocenters. The van der Waals surface area contributed by atoms with Gasteiger partial charge in [-0.2, -0.15) is 4.31 Å². The number of carbonyl (C=O) groups excluding carboxylic acids is 1. The SMILES string of the molecule is Cc1sc2ncn(CC(=O)N3CCCCC3)c(=O)c2c1S(=O)(=O)N1CCCCC1. The maximum atomic E-state index is 13.3. The molecular weight excluding hydrogens is 412 g/mol. The molecule has 2 saturated heterocycles. The highest BCUT2D eigenvalue weighted by molar-refractivity contribution is 7.89. The number of carbonyl (C=O) groups is 1. The van der Waals surface area contributed by atoms with Gasteiger partial charge in [0.15, 0.2) is 0 Å². The average molecular weight is 439 g/mol. The van der Waals surface area contributed by atoms with Gasteiger partial charge < -0.3 is 4.90 Å². The molecule has 10 heteroatoms. The second-order valence-electron chi connectivity index (χ2n) is 7.75. The fourth-order valence-electron chi connectivity index (χ4n) is 4.16. The second-order valence-corrected chi connectivity index (χ2v) is 10.8. The molecule has 4 heterocycles. The van der Waals surface area contributed by atoms with Crippen LogP contribution in [0.1, 0.15) is 43.4 Å². The summed E-state index contributed by atoms with van der Waals surface area (Å²) in [5.74, 6) is -0.125. The summed E-state index contributed by atoms with van der Waals surface area (Å²) in [4.78, 5) is 32.9. The number of aryl methyl sites for hydroxylation is 1. The van der Waals surface area contributed by atoms with E-state index in [0.29, 0.717) is 35.9 Å². The highest BCUT2D eigenvalue weighted by Crippen LogP contribution is 2.33. The molecule has 0 aromatic carbocycles. The molecule has 2 fully saturated rings. The molecular formula is C19H26N4O4S2. The number of piperidine rings is 2. The Kier molecular flexibility index (Phi) is 5.76. The zero-order chi connectivity index (χ0) is 20.6. The van der Waals surface area contributed by atoms with Crippen molar-refractivity contribution in [1.29, 1.82) is 0 Å². The maximum Gasteiger partial charge on any atom is 0.263 e. The van der Waals surface area contributed by atoms with E-state index in [4.69, 9.17) is 0 Å². The molecule has 1 amide bonds. The Hall–Kier alpha value is -1.78. The molecule has 0 N–H and O–H groups in total. The Balaban J connectivity index is 1.73. The van der Waals surface area contributed by atoms with Crippen LogP contribution in [-0.4, -0.2) is 59.3 Å². The number of nitrogens with zero attached hydrogens (tertiary/aromatic N) is 4. The van der Waals surface area contributed by atoms with Gasteiger partial charge in [-0.15, -0.1) is 11.3 Å². The van der Waals surface area contributed by atoms with E-state index in [1.807, 2.05) is 0 Å². The minimum absolute atomic E-state index is 0.0664. The molecule has 4 rings (SSSR count). The van der Waals surface area contributed by atoms with Gasteiger partial charge in [-0.25, -0.2) is 13.4 Å². The van der Waals surface area contributed by atoms with Gasteiger partial charge in [0.1, 0.15) is 16.3 Å². The largest absolute Gasteiger partial charge is 0.341 e. The van der Waals surface area contributed by atoms with Crippen molar-refractivity contribution >= 4 is 37.5 Å². The van der Waals surface area contributed by atoms with Crippen LogP contribution in [0.25, 0.3) is 10.2 Å². The standard InChI is InChI=1S/C19H26N4O4S2/c1-14-17(29(26,27)23-10-6-3-7-11-23)16-18(28-14)20-13-22(19(16)25)12-15(24)21-8-4-2-5-9-21/h13H,2-12H2,1H3. The molecule has 158 valence electrons. The van der Waals surface area contributed by atoms with E-state index in [2.05, 4.69) is 4.98 Å². The quantitative estimate of drug-likeness (QED) is 0.728. The van der Waals surface area contributed by atoms with Crippen LogP contribution in [0.2, 0.25) is 0 Å². The zero-order valence-corrected chi connectivity index (χ0v) is 18.2. The molecule has 0 spiro atoms. The van der Waals surface area contributed by atoms with Crippen LogP contribution >= 0.6 is 11.3 Å². The monoisotopic (exact) mass is 438 g/mol. The van der Waals surface area contributed by atoms with Crippen molar-refractivity contribution in [3.8, 4) is 0 Å². The van der Waals surface area contributed by atoms with Gasteiger partial charge in [-0.1, -0.05) is 6.42 Å². The number of amides is 1. The van der Waals surface area contributed by atoms with Gasteiger partial charge in [0.25, 0.3) is 5.56 Å². The summed E-state index contributed by atoms with van der Waals surface area (Å²) in [7, 11) is -3.77. The predicted molar refractivity (Wildman–Crippen MR) is 112 cm³/mol. The fraction of sp³-hybridized carbons (Fsp3) is 0.632. The van der Waals surface area contributed by atoms with Gasteiger partial charge >= 0.3 is 0 Å². The van der Waals surface area contributed by atoms with Gasteiger partial charge in [-0.3, -0.25) is 14.2 Å². The zero-order valence-electron chi connectivity index (χ0n) is 16.6. The molecule has 2 aliphatic heterocycles. The molecule has 2 aromatic rings. The van der Waals surface area contributed by atoms with Crippen LogP contribution < -0.4 is 5.56 Å². The maximum absolute atomic E-state index is 13.3. The van der Waals surface area contributed by atoms with Gasteiger partial charge in [0.05, 0.1) is 11.7 Å². The van der Waals surface area contributed by atoms with E-state index in [0.717, 1.165) is 38.5 Å². The number of rotatable bonds is 4. The van der Waals surface area contributed by atoms with Gasteiger partial charge in [0.2, 0.25) is 15.9 Å². The minimum Gasteiger partial charge on any atom is -0.341 e. The average Bonchev–Trinajstić information content (AvgIpc) is 3.09. The van der Waals surface area contributed by atoms with Crippen LogP contribution in [0.3, 0.4) is 0 Å².